The number of aryl methyl sites for hydroxylation is 3. The number of rotatable bonds is 13. The third-order valence-corrected chi connectivity index (χ3v) is 9.67. The SMILES string of the molecule is CC[C@H](C)NC(=O)[C@H](Cc1ccccc1)N(Cc1cccc(C)c1)C(=O)CN(c1cccc(C)c1)S(=O)(=O)c1ccc(C)cc1. The summed E-state index contributed by atoms with van der Waals surface area (Å²) < 4.78 is 29.5. The number of hydrogen-bond acceptors (Lipinski definition) is 4. The van der Waals surface area contributed by atoms with Crippen LogP contribution in [-0.4, -0.2) is 43.8 Å². The number of anilines is 1. The van der Waals surface area contributed by atoms with Crippen LogP contribution in [0.15, 0.2) is 108 Å². The third-order valence-electron chi connectivity index (χ3n) is 7.89. The number of sulfonamides is 1. The Balaban J connectivity index is 1.81. The Bertz CT molecular complexity index is 1710. The van der Waals surface area contributed by atoms with Gasteiger partial charge in [-0.3, -0.25) is 13.9 Å². The molecule has 0 aliphatic rings. The minimum absolute atomic E-state index is 0.0861. The third kappa shape index (κ3) is 8.82. The van der Waals surface area contributed by atoms with Crippen molar-refractivity contribution in [1.29, 1.82) is 0 Å². The van der Waals surface area contributed by atoms with Gasteiger partial charge in [0.25, 0.3) is 10.0 Å². The van der Waals surface area contributed by atoms with Gasteiger partial charge in [0.2, 0.25) is 11.8 Å². The fourth-order valence-electron chi connectivity index (χ4n) is 5.15. The van der Waals surface area contributed by atoms with Crippen LogP contribution < -0.4 is 9.62 Å². The van der Waals surface area contributed by atoms with Crippen molar-refractivity contribution in [2.24, 2.45) is 0 Å². The molecular weight excluding hydrogens is 582 g/mol. The first kappa shape index (κ1) is 33.5. The highest BCUT2D eigenvalue weighted by Gasteiger charge is 2.35. The number of benzene rings is 4. The van der Waals surface area contributed by atoms with Gasteiger partial charge in [-0.1, -0.05) is 96.9 Å². The van der Waals surface area contributed by atoms with Crippen molar-refractivity contribution in [1.82, 2.24) is 10.2 Å². The maximum Gasteiger partial charge on any atom is 0.264 e. The van der Waals surface area contributed by atoms with Crippen LogP contribution in [0.2, 0.25) is 0 Å². The first-order valence-electron chi connectivity index (χ1n) is 15.3. The van der Waals surface area contributed by atoms with Gasteiger partial charge in [-0.25, -0.2) is 8.42 Å². The van der Waals surface area contributed by atoms with Gasteiger partial charge in [0.1, 0.15) is 12.6 Å². The predicted octanol–water partition coefficient (Wildman–Crippen LogP) is 6.36. The maximum absolute atomic E-state index is 14.6. The molecule has 0 unspecified atom stereocenters. The van der Waals surface area contributed by atoms with Crippen LogP contribution in [0.5, 0.6) is 0 Å². The van der Waals surface area contributed by atoms with Crippen LogP contribution >= 0.6 is 0 Å². The molecule has 0 heterocycles. The molecule has 45 heavy (non-hydrogen) atoms. The molecule has 2 amide bonds. The summed E-state index contributed by atoms with van der Waals surface area (Å²) in [5, 5.41) is 3.07. The zero-order valence-corrected chi connectivity index (χ0v) is 27.6. The molecule has 0 aliphatic heterocycles. The normalized spacial score (nSPS) is 12.6. The molecule has 7 nitrogen and oxygen atoms in total. The summed E-state index contributed by atoms with van der Waals surface area (Å²) in [6.07, 6.45) is 1.00. The second-order valence-electron chi connectivity index (χ2n) is 11.7. The lowest BCUT2D eigenvalue weighted by Crippen LogP contribution is -2.54. The van der Waals surface area contributed by atoms with Crippen molar-refractivity contribution in [3.8, 4) is 0 Å². The fourth-order valence-corrected chi connectivity index (χ4v) is 6.56. The van der Waals surface area contributed by atoms with E-state index in [1.807, 2.05) is 95.3 Å². The molecule has 2 atom stereocenters. The topological polar surface area (TPSA) is 86.8 Å². The molecule has 0 saturated heterocycles. The molecule has 8 heteroatoms. The minimum Gasteiger partial charge on any atom is -0.352 e. The quantitative estimate of drug-likeness (QED) is 0.187. The largest absolute Gasteiger partial charge is 0.352 e. The summed E-state index contributed by atoms with van der Waals surface area (Å²) in [6.45, 7) is 9.31. The molecular formula is C37H43N3O4S. The van der Waals surface area contributed by atoms with E-state index in [4.69, 9.17) is 0 Å². The van der Waals surface area contributed by atoms with E-state index >= 15 is 0 Å². The summed E-state index contributed by atoms with van der Waals surface area (Å²) in [5.74, 6) is -0.758. The molecule has 0 aromatic heterocycles. The van der Waals surface area contributed by atoms with Crippen molar-refractivity contribution in [3.63, 3.8) is 0 Å². The van der Waals surface area contributed by atoms with E-state index in [9.17, 15) is 18.0 Å². The van der Waals surface area contributed by atoms with E-state index in [1.54, 1.807) is 42.5 Å². The Labute approximate surface area is 268 Å². The predicted molar refractivity (Wildman–Crippen MR) is 180 cm³/mol. The maximum atomic E-state index is 14.6. The monoisotopic (exact) mass is 625 g/mol. The Morgan fingerprint density at radius 3 is 2.00 bits per heavy atom. The van der Waals surface area contributed by atoms with E-state index in [0.29, 0.717) is 5.69 Å². The lowest BCUT2D eigenvalue weighted by atomic mass is 10.0. The van der Waals surface area contributed by atoms with Crippen molar-refractivity contribution >= 4 is 27.5 Å². The Morgan fingerprint density at radius 1 is 0.756 bits per heavy atom. The molecule has 4 aromatic carbocycles. The summed E-state index contributed by atoms with van der Waals surface area (Å²) in [6, 6.07) is 30.1. The van der Waals surface area contributed by atoms with Gasteiger partial charge in [-0.2, -0.15) is 0 Å². The van der Waals surface area contributed by atoms with Crippen molar-refractivity contribution < 1.29 is 18.0 Å². The standard InChI is InChI=1S/C37H43N3O4S/c1-6-30(5)38-37(42)35(24-31-14-8-7-9-15-31)39(25-32-16-10-12-28(3)22-32)36(41)26-40(33-17-11-13-29(4)23-33)45(43,44)34-20-18-27(2)19-21-34/h7-23,30,35H,6,24-26H2,1-5H3,(H,38,42)/t30-,35-/m0/s1. The number of nitrogens with zero attached hydrogens (tertiary/aromatic N) is 2. The number of nitrogens with one attached hydrogen (secondary N) is 1. The molecule has 0 fully saturated rings. The van der Waals surface area contributed by atoms with Gasteiger partial charge in [-0.15, -0.1) is 0 Å². The molecule has 0 spiro atoms. The second-order valence-corrected chi connectivity index (χ2v) is 13.6. The van der Waals surface area contributed by atoms with Crippen LogP contribution in [0, 0.1) is 20.8 Å². The highest BCUT2D eigenvalue weighted by molar-refractivity contribution is 7.92. The molecule has 1 N–H and O–H groups in total. The van der Waals surface area contributed by atoms with Crippen molar-refractivity contribution in [2.45, 2.75) is 71.0 Å². The van der Waals surface area contributed by atoms with E-state index < -0.39 is 28.5 Å². The van der Waals surface area contributed by atoms with Gasteiger partial charge in [0.05, 0.1) is 10.6 Å². The molecule has 236 valence electrons. The zero-order valence-electron chi connectivity index (χ0n) is 26.7. The summed E-state index contributed by atoms with van der Waals surface area (Å²) in [4.78, 5) is 30.1. The van der Waals surface area contributed by atoms with Crippen LogP contribution in [0.4, 0.5) is 5.69 Å². The Morgan fingerprint density at radius 2 is 1.38 bits per heavy atom. The fraction of sp³-hybridized carbons (Fsp3) is 0.297. The van der Waals surface area contributed by atoms with E-state index in [2.05, 4.69) is 5.32 Å². The molecule has 4 aromatic rings. The first-order valence-corrected chi connectivity index (χ1v) is 16.8. The molecule has 0 saturated carbocycles. The number of carbonyl (C=O) groups excluding carboxylic acids is 2. The van der Waals surface area contributed by atoms with Crippen molar-refractivity contribution in [3.05, 3.63) is 131 Å². The van der Waals surface area contributed by atoms with Gasteiger partial charge >= 0.3 is 0 Å². The molecule has 0 aliphatic carbocycles. The summed E-state index contributed by atoms with van der Waals surface area (Å²) in [7, 11) is -4.14. The summed E-state index contributed by atoms with van der Waals surface area (Å²) >= 11 is 0. The van der Waals surface area contributed by atoms with Crippen LogP contribution in [0.25, 0.3) is 0 Å². The lowest BCUT2D eigenvalue weighted by Gasteiger charge is -2.34. The number of amides is 2. The van der Waals surface area contributed by atoms with E-state index in [-0.39, 0.29) is 29.8 Å². The Hall–Kier alpha value is -4.43. The highest BCUT2D eigenvalue weighted by atomic mass is 32.2. The number of carbonyl (C=O) groups is 2. The van der Waals surface area contributed by atoms with Crippen LogP contribution in [-0.2, 0) is 32.6 Å². The van der Waals surface area contributed by atoms with E-state index in [0.717, 1.165) is 38.5 Å². The van der Waals surface area contributed by atoms with Gasteiger partial charge in [-0.05, 0) is 75.1 Å². The minimum atomic E-state index is -4.14. The Kier molecular flexibility index (Phi) is 11.2. The summed E-state index contributed by atoms with van der Waals surface area (Å²) in [5.41, 5.74) is 4.92. The smallest absolute Gasteiger partial charge is 0.264 e. The van der Waals surface area contributed by atoms with Crippen LogP contribution in [0.3, 0.4) is 0 Å². The molecule has 0 bridgehead atoms. The van der Waals surface area contributed by atoms with Gasteiger partial charge in [0.15, 0.2) is 0 Å². The number of hydrogen-bond donors (Lipinski definition) is 1. The molecule has 0 radical (unpaired) electrons. The van der Waals surface area contributed by atoms with Gasteiger partial charge in [0, 0.05) is 19.0 Å². The second kappa shape index (κ2) is 15.0. The lowest BCUT2D eigenvalue weighted by molar-refractivity contribution is -0.140. The highest BCUT2D eigenvalue weighted by Crippen LogP contribution is 2.26. The average molecular weight is 626 g/mol. The van der Waals surface area contributed by atoms with E-state index in [1.165, 1.54) is 4.90 Å². The zero-order chi connectivity index (χ0) is 32.6. The van der Waals surface area contributed by atoms with Gasteiger partial charge < -0.3 is 10.2 Å². The first-order chi connectivity index (χ1) is 21.5. The molecule has 4 rings (SSSR count). The van der Waals surface area contributed by atoms with Crippen molar-refractivity contribution in [2.75, 3.05) is 10.8 Å². The van der Waals surface area contributed by atoms with Crippen LogP contribution in [0.1, 0.15) is 48.1 Å². The average Bonchev–Trinajstić information content (AvgIpc) is 3.02.